The summed E-state index contributed by atoms with van der Waals surface area (Å²) >= 11 is 0. The van der Waals surface area contributed by atoms with Crippen LogP contribution in [0.1, 0.15) is 65.2 Å². The normalized spacial score (nSPS) is 33.9. The first-order valence-corrected chi connectivity index (χ1v) is 17.3. The van der Waals surface area contributed by atoms with Gasteiger partial charge in [0.15, 0.2) is 0 Å². The molecule has 0 aromatic heterocycles. The van der Waals surface area contributed by atoms with E-state index < -0.39 is 6.10 Å². The van der Waals surface area contributed by atoms with Crippen molar-refractivity contribution < 1.29 is 9.84 Å². The Morgan fingerprint density at radius 1 is 1.09 bits per heavy atom. The van der Waals surface area contributed by atoms with E-state index in [1.54, 1.807) is 0 Å². The van der Waals surface area contributed by atoms with Crippen LogP contribution in [0.3, 0.4) is 0 Å². The number of aliphatic hydroxyl groups excluding tert-OH is 1. The SMILES string of the molecule is CCCCC(CC)COC1=CC(O)C(C2=NC(C3C=CCCC3)NC(C3CC=C4C=CC5C=CC=C6C=CC3=C4C65)=C2)C=C1. The van der Waals surface area contributed by atoms with Gasteiger partial charge in [-0.25, -0.2) is 0 Å². The molecule has 7 rings (SSSR count). The Bertz CT molecular complexity index is 1470. The average Bonchev–Trinajstić information content (AvgIpc) is 3.07. The third-order valence-corrected chi connectivity index (χ3v) is 10.7. The standard InChI is InChI=1S/C40H48N2O2/c1-3-5-10-26(4-2)25-44-31-19-22-34(37(43)23-31)36-24-35(41-40(42-36)30-11-7-6-8-12-30)32-20-17-29-16-15-27-13-9-14-28-18-21-33(32)39(29)38(27)28/h7,9,11,13-19,21-24,26-27,30,32,34,37-38,40-41,43H,3-6,8,10,12,20,25H2,1-2H3. The van der Waals surface area contributed by atoms with E-state index in [2.05, 4.69) is 98.2 Å². The number of allylic oxidation sites excluding steroid dienone is 15. The minimum Gasteiger partial charge on any atom is -0.494 e. The highest BCUT2D eigenvalue weighted by Gasteiger charge is 2.40. The smallest absolute Gasteiger partial charge is 0.125 e. The van der Waals surface area contributed by atoms with Gasteiger partial charge >= 0.3 is 0 Å². The Morgan fingerprint density at radius 3 is 2.84 bits per heavy atom. The van der Waals surface area contributed by atoms with Crippen molar-refractivity contribution in [1.29, 1.82) is 0 Å². The molecule has 0 aromatic carbocycles. The van der Waals surface area contributed by atoms with E-state index in [0.29, 0.717) is 30.3 Å². The van der Waals surface area contributed by atoms with Crippen molar-refractivity contribution in [2.24, 2.45) is 40.5 Å². The summed E-state index contributed by atoms with van der Waals surface area (Å²) < 4.78 is 6.20. The van der Waals surface area contributed by atoms with E-state index in [9.17, 15) is 5.11 Å². The van der Waals surface area contributed by atoms with Crippen LogP contribution in [-0.2, 0) is 4.74 Å². The molecule has 8 unspecified atom stereocenters. The lowest BCUT2D eigenvalue weighted by Gasteiger charge is -2.42. The molecule has 0 aromatic rings. The molecule has 2 N–H and O–H groups in total. The zero-order chi connectivity index (χ0) is 30.0. The van der Waals surface area contributed by atoms with Gasteiger partial charge in [0.25, 0.3) is 0 Å². The number of nitrogens with one attached hydrogen (secondary N) is 1. The van der Waals surface area contributed by atoms with Gasteiger partial charge in [-0.3, -0.25) is 4.99 Å². The molecule has 0 radical (unpaired) electrons. The van der Waals surface area contributed by atoms with Crippen molar-refractivity contribution in [3.05, 3.63) is 119 Å². The number of unbranched alkanes of at least 4 members (excludes halogenated alkanes) is 1. The quantitative estimate of drug-likeness (QED) is 0.252. The van der Waals surface area contributed by atoms with E-state index in [1.165, 1.54) is 53.7 Å². The summed E-state index contributed by atoms with van der Waals surface area (Å²) in [5.41, 5.74) is 7.96. The third-order valence-electron chi connectivity index (χ3n) is 10.7. The molecular formula is C40H48N2O2. The summed E-state index contributed by atoms with van der Waals surface area (Å²) in [5.74, 6) is 2.59. The molecule has 0 amide bonds. The van der Waals surface area contributed by atoms with Gasteiger partial charge in [-0.1, -0.05) is 99.9 Å². The molecule has 1 aliphatic heterocycles. The van der Waals surface area contributed by atoms with Crippen LogP contribution in [0.15, 0.2) is 124 Å². The van der Waals surface area contributed by atoms with Gasteiger partial charge in [0.2, 0.25) is 0 Å². The van der Waals surface area contributed by atoms with E-state index in [4.69, 9.17) is 9.73 Å². The van der Waals surface area contributed by atoms with E-state index in [0.717, 1.165) is 37.2 Å². The second kappa shape index (κ2) is 12.9. The largest absolute Gasteiger partial charge is 0.494 e. The van der Waals surface area contributed by atoms with Crippen molar-refractivity contribution in [1.82, 2.24) is 5.32 Å². The van der Waals surface area contributed by atoms with Crippen LogP contribution in [0.5, 0.6) is 0 Å². The molecule has 230 valence electrons. The maximum atomic E-state index is 11.4. The van der Waals surface area contributed by atoms with Crippen LogP contribution in [-0.4, -0.2) is 29.7 Å². The molecule has 0 saturated heterocycles. The number of aliphatic imine (C=N–C) groups is 1. The summed E-state index contributed by atoms with van der Waals surface area (Å²) in [4.78, 5) is 5.30. The van der Waals surface area contributed by atoms with Gasteiger partial charge in [-0.15, -0.1) is 0 Å². The molecule has 0 spiro atoms. The fourth-order valence-electron chi connectivity index (χ4n) is 8.09. The van der Waals surface area contributed by atoms with Crippen LogP contribution in [0.4, 0.5) is 0 Å². The predicted octanol–water partition coefficient (Wildman–Crippen LogP) is 8.37. The highest BCUT2D eigenvalue weighted by atomic mass is 16.5. The fraction of sp³-hybridized carbons (Fsp3) is 0.475. The molecule has 4 nitrogen and oxygen atoms in total. The van der Waals surface area contributed by atoms with Gasteiger partial charge in [0.1, 0.15) is 11.9 Å². The zero-order valence-corrected chi connectivity index (χ0v) is 26.4. The van der Waals surface area contributed by atoms with E-state index in [-0.39, 0.29) is 18.0 Å². The Labute approximate surface area is 263 Å². The lowest BCUT2D eigenvalue weighted by Crippen LogP contribution is -2.43. The molecule has 0 bridgehead atoms. The number of ether oxygens (including phenoxy) is 1. The number of nitrogens with zero attached hydrogens (tertiary/aromatic N) is 1. The number of aliphatic hydroxyl groups is 1. The van der Waals surface area contributed by atoms with Gasteiger partial charge in [0, 0.05) is 41.0 Å². The van der Waals surface area contributed by atoms with Crippen LogP contribution < -0.4 is 5.32 Å². The molecule has 4 heteroatoms. The molecule has 8 atom stereocenters. The summed E-state index contributed by atoms with van der Waals surface area (Å²) in [6, 6.07) is 0. The summed E-state index contributed by atoms with van der Waals surface area (Å²) in [6.45, 7) is 5.19. The predicted molar refractivity (Wildman–Crippen MR) is 181 cm³/mol. The highest BCUT2D eigenvalue weighted by molar-refractivity contribution is 6.00. The first-order chi connectivity index (χ1) is 21.6. The number of hydrogen-bond acceptors (Lipinski definition) is 4. The summed E-state index contributed by atoms with van der Waals surface area (Å²) in [7, 11) is 0. The minimum absolute atomic E-state index is 0.0247. The second-order valence-corrected chi connectivity index (χ2v) is 13.6. The molecule has 7 aliphatic rings. The Balaban J connectivity index is 1.16. The van der Waals surface area contributed by atoms with Crippen LogP contribution in [0.2, 0.25) is 0 Å². The van der Waals surface area contributed by atoms with E-state index in [1.807, 2.05) is 6.08 Å². The Kier molecular flexibility index (Phi) is 8.62. The highest BCUT2D eigenvalue weighted by Crippen LogP contribution is 2.50. The van der Waals surface area contributed by atoms with Gasteiger partial charge in [0.05, 0.1) is 12.7 Å². The monoisotopic (exact) mass is 588 g/mol. The fourth-order valence-corrected chi connectivity index (χ4v) is 8.09. The summed E-state index contributed by atoms with van der Waals surface area (Å²) in [6.07, 6.45) is 40.2. The first-order valence-electron chi connectivity index (χ1n) is 17.3. The molecular weight excluding hydrogens is 540 g/mol. The lowest BCUT2D eigenvalue weighted by molar-refractivity contribution is 0.148. The minimum atomic E-state index is -0.664. The first kappa shape index (κ1) is 29.3. The molecule has 0 fully saturated rings. The zero-order valence-electron chi connectivity index (χ0n) is 26.4. The molecule has 0 saturated carbocycles. The van der Waals surface area contributed by atoms with E-state index >= 15 is 0 Å². The third kappa shape index (κ3) is 5.74. The molecule has 44 heavy (non-hydrogen) atoms. The Hall–Kier alpha value is -3.37. The van der Waals surface area contributed by atoms with Crippen molar-refractivity contribution in [3.63, 3.8) is 0 Å². The maximum absolute atomic E-state index is 11.4. The molecule has 1 heterocycles. The topological polar surface area (TPSA) is 53.9 Å². The number of rotatable bonds is 10. The Morgan fingerprint density at radius 2 is 2.02 bits per heavy atom. The van der Waals surface area contributed by atoms with Gasteiger partial charge < -0.3 is 15.2 Å². The van der Waals surface area contributed by atoms with Gasteiger partial charge in [-0.05, 0) is 78.5 Å². The van der Waals surface area contributed by atoms with Crippen LogP contribution in [0.25, 0.3) is 0 Å². The maximum Gasteiger partial charge on any atom is 0.125 e. The van der Waals surface area contributed by atoms with Crippen molar-refractivity contribution in [3.8, 4) is 0 Å². The lowest BCUT2D eigenvalue weighted by atomic mass is 9.63. The van der Waals surface area contributed by atoms with Crippen molar-refractivity contribution in [2.45, 2.75) is 77.5 Å². The van der Waals surface area contributed by atoms with Crippen molar-refractivity contribution >= 4 is 5.71 Å². The molecule has 6 aliphatic carbocycles. The van der Waals surface area contributed by atoms with Crippen molar-refractivity contribution in [2.75, 3.05) is 6.61 Å². The van der Waals surface area contributed by atoms with Gasteiger partial charge in [-0.2, -0.15) is 0 Å². The van der Waals surface area contributed by atoms with Crippen LogP contribution in [0, 0.1) is 35.5 Å². The van der Waals surface area contributed by atoms with Crippen LogP contribution >= 0.6 is 0 Å². The second-order valence-electron chi connectivity index (χ2n) is 13.6. The average molecular weight is 589 g/mol. The summed E-state index contributed by atoms with van der Waals surface area (Å²) in [5, 5.41) is 15.4. The number of hydrogen-bond donors (Lipinski definition) is 2.